The molecule has 0 unspecified atom stereocenters. The fourth-order valence-electron chi connectivity index (χ4n) is 2.47. The molecule has 2 nitrogen and oxygen atoms in total. The number of halogens is 4. The summed E-state index contributed by atoms with van der Waals surface area (Å²) in [5.74, 6) is -1.98. The molecular weight excluding hydrogens is 349 g/mol. The summed E-state index contributed by atoms with van der Waals surface area (Å²) in [7, 11) is 0. The van der Waals surface area contributed by atoms with E-state index in [0.29, 0.717) is 16.7 Å². The SMILES string of the molecule is CC(C)(F)c1cc(-c2cc(F)c(F)c(-c3ccnc(Cl)c3)c2)ccn1. The first kappa shape index (κ1) is 17.4. The molecule has 2 heterocycles. The number of rotatable bonds is 3. The number of hydrogen-bond donors (Lipinski definition) is 0. The Morgan fingerprint density at radius 1 is 0.880 bits per heavy atom. The van der Waals surface area contributed by atoms with Crippen molar-refractivity contribution in [3.8, 4) is 22.3 Å². The number of benzene rings is 1. The van der Waals surface area contributed by atoms with Crippen LogP contribution in [-0.4, -0.2) is 9.97 Å². The summed E-state index contributed by atoms with van der Waals surface area (Å²) in [4.78, 5) is 7.84. The topological polar surface area (TPSA) is 25.8 Å². The Labute approximate surface area is 148 Å². The Morgan fingerprint density at radius 3 is 2.24 bits per heavy atom. The number of aromatic nitrogens is 2. The molecule has 3 aromatic rings. The van der Waals surface area contributed by atoms with Crippen molar-refractivity contribution < 1.29 is 13.2 Å². The van der Waals surface area contributed by atoms with Crippen molar-refractivity contribution in [3.05, 3.63) is 71.3 Å². The van der Waals surface area contributed by atoms with E-state index in [1.54, 1.807) is 6.07 Å². The van der Waals surface area contributed by atoms with Gasteiger partial charge in [0.15, 0.2) is 11.6 Å². The van der Waals surface area contributed by atoms with E-state index < -0.39 is 17.3 Å². The van der Waals surface area contributed by atoms with Crippen molar-refractivity contribution >= 4 is 11.6 Å². The summed E-state index contributed by atoms with van der Waals surface area (Å²) in [6, 6.07) is 8.70. The highest BCUT2D eigenvalue weighted by Crippen LogP contribution is 2.33. The highest BCUT2D eigenvalue weighted by Gasteiger charge is 2.21. The standard InChI is InChI=1S/C19H14ClF3N2/c1-19(2,23)16-9-11(3-5-24-16)13-7-14(18(22)15(21)8-13)12-4-6-25-17(20)10-12/h3-10H,1-2H3. The van der Waals surface area contributed by atoms with Gasteiger partial charge in [-0.1, -0.05) is 11.6 Å². The van der Waals surface area contributed by atoms with Crippen LogP contribution in [0.15, 0.2) is 48.8 Å². The molecule has 0 atom stereocenters. The molecule has 0 amide bonds. The minimum absolute atomic E-state index is 0.0529. The van der Waals surface area contributed by atoms with E-state index in [-0.39, 0.29) is 16.4 Å². The van der Waals surface area contributed by atoms with Gasteiger partial charge in [0, 0.05) is 18.0 Å². The van der Waals surface area contributed by atoms with Crippen LogP contribution < -0.4 is 0 Å². The molecule has 25 heavy (non-hydrogen) atoms. The Kier molecular flexibility index (Phi) is 4.52. The summed E-state index contributed by atoms with van der Waals surface area (Å²) in [5.41, 5.74) is -0.0275. The van der Waals surface area contributed by atoms with E-state index in [9.17, 15) is 13.2 Å². The van der Waals surface area contributed by atoms with Crippen LogP contribution in [0.2, 0.25) is 5.15 Å². The van der Waals surface area contributed by atoms with Gasteiger partial charge in [0.1, 0.15) is 10.8 Å². The maximum absolute atomic E-state index is 14.3. The van der Waals surface area contributed by atoms with Gasteiger partial charge < -0.3 is 0 Å². The molecule has 128 valence electrons. The zero-order chi connectivity index (χ0) is 18.2. The fraction of sp³-hybridized carbons (Fsp3) is 0.158. The zero-order valence-electron chi connectivity index (χ0n) is 13.5. The molecule has 0 radical (unpaired) electrons. The van der Waals surface area contributed by atoms with Gasteiger partial charge in [-0.05, 0) is 66.9 Å². The Hall–Kier alpha value is -2.40. The predicted molar refractivity (Wildman–Crippen MR) is 92.0 cm³/mol. The second-order valence-corrected chi connectivity index (χ2v) is 6.48. The Balaban J connectivity index is 2.16. The molecule has 1 aromatic carbocycles. The van der Waals surface area contributed by atoms with Gasteiger partial charge in [-0.2, -0.15) is 0 Å². The van der Waals surface area contributed by atoms with Crippen LogP contribution in [0.1, 0.15) is 19.5 Å². The van der Waals surface area contributed by atoms with Crippen LogP contribution in [0.5, 0.6) is 0 Å². The third-order valence-electron chi connectivity index (χ3n) is 3.77. The van der Waals surface area contributed by atoms with Crippen molar-refractivity contribution in [2.75, 3.05) is 0 Å². The molecule has 0 spiro atoms. The molecule has 6 heteroatoms. The van der Waals surface area contributed by atoms with E-state index in [2.05, 4.69) is 9.97 Å². The second kappa shape index (κ2) is 6.48. The third kappa shape index (κ3) is 3.66. The van der Waals surface area contributed by atoms with Crippen LogP contribution in [0.3, 0.4) is 0 Å². The fourth-order valence-corrected chi connectivity index (χ4v) is 2.64. The lowest BCUT2D eigenvalue weighted by Crippen LogP contribution is -2.11. The van der Waals surface area contributed by atoms with Gasteiger partial charge in [0.25, 0.3) is 0 Å². The van der Waals surface area contributed by atoms with E-state index in [0.717, 1.165) is 6.07 Å². The lowest BCUT2D eigenvalue weighted by atomic mass is 9.97. The minimum Gasteiger partial charge on any atom is -0.258 e. The van der Waals surface area contributed by atoms with Crippen molar-refractivity contribution in [3.63, 3.8) is 0 Å². The van der Waals surface area contributed by atoms with Crippen molar-refractivity contribution in [2.24, 2.45) is 0 Å². The summed E-state index contributed by atoms with van der Waals surface area (Å²) < 4.78 is 42.5. The molecule has 0 fully saturated rings. The van der Waals surface area contributed by atoms with Crippen LogP contribution >= 0.6 is 11.6 Å². The quantitative estimate of drug-likeness (QED) is 0.538. The Morgan fingerprint density at radius 2 is 1.56 bits per heavy atom. The average molecular weight is 363 g/mol. The summed E-state index contributed by atoms with van der Waals surface area (Å²) in [6.45, 7) is 2.77. The molecule has 0 aliphatic carbocycles. The van der Waals surface area contributed by atoms with E-state index in [1.165, 1.54) is 50.5 Å². The lowest BCUT2D eigenvalue weighted by molar-refractivity contribution is 0.214. The van der Waals surface area contributed by atoms with Crippen LogP contribution in [0.25, 0.3) is 22.3 Å². The average Bonchev–Trinajstić information content (AvgIpc) is 2.56. The van der Waals surface area contributed by atoms with Crippen LogP contribution in [0, 0.1) is 11.6 Å². The molecule has 2 aromatic heterocycles. The summed E-state index contributed by atoms with van der Waals surface area (Å²) in [6.07, 6.45) is 2.86. The molecular formula is C19H14ClF3N2. The maximum atomic E-state index is 14.3. The molecule has 3 rings (SSSR count). The van der Waals surface area contributed by atoms with Crippen LogP contribution in [-0.2, 0) is 5.67 Å². The molecule has 0 aliphatic rings. The van der Waals surface area contributed by atoms with E-state index in [4.69, 9.17) is 11.6 Å². The molecule has 0 aliphatic heterocycles. The smallest absolute Gasteiger partial charge is 0.166 e. The first-order valence-corrected chi connectivity index (χ1v) is 7.90. The summed E-state index contributed by atoms with van der Waals surface area (Å²) >= 11 is 5.84. The summed E-state index contributed by atoms with van der Waals surface area (Å²) in [5, 5.41) is 0.174. The van der Waals surface area contributed by atoms with Crippen molar-refractivity contribution in [2.45, 2.75) is 19.5 Å². The van der Waals surface area contributed by atoms with Gasteiger partial charge in [-0.25, -0.2) is 18.2 Å². The Bertz CT molecular complexity index is 936. The highest BCUT2D eigenvalue weighted by molar-refractivity contribution is 6.29. The molecule has 0 saturated heterocycles. The number of nitrogens with zero attached hydrogens (tertiary/aromatic N) is 2. The number of alkyl halides is 1. The van der Waals surface area contributed by atoms with Gasteiger partial charge in [-0.3, -0.25) is 4.98 Å². The van der Waals surface area contributed by atoms with Gasteiger partial charge in [0.05, 0.1) is 5.69 Å². The largest absolute Gasteiger partial charge is 0.258 e. The van der Waals surface area contributed by atoms with Crippen LogP contribution in [0.4, 0.5) is 13.2 Å². The first-order valence-electron chi connectivity index (χ1n) is 7.52. The maximum Gasteiger partial charge on any atom is 0.166 e. The van der Waals surface area contributed by atoms with Gasteiger partial charge >= 0.3 is 0 Å². The monoisotopic (exact) mass is 362 g/mol. The highest BCUT2D eigenvalue weighted by atomic mass is 35.5. The third-order valence-corrected chi connectivity index (χ3v) is 3.97. The predicted octanol–water partition coefficient (Wildman–Crippen LogP) is 5.95. The van der Waals surface area contributed by atoms with Gasteiger partial charge in [-0.15, -0.1) is 0 Å². The minimum atomic E-state index is -1.64. The van der Waals surface area contributed by atoms with Gasteiger partial charge in [0.2, 0.25) is 0 Å². The molecule has 0 bridgehead atoms. The number of hydrogen-bond acceptors (Lipinski definition) is 2. The molecule has 0 N–H and O–H groups in total. The lowest BCUT2D eigenvalue weighted by Gasteiger charge is -2.15. The van der Waals surface area contributed by atoms with Crippen molar-refractivity contribution in [1.29, 1.82) is 0 Å². The number of pyridine rings is 2. The first-order chi connectivity index (χ1) is 11.8. The van der Waals surface area contributed by atoms with E-state index in [1.807, 2.05) is 0 Å². The zero-order valence-corrected chi connectivity index (χ0v) is 14.3. The van der Waals surface area contributed by atoms with E-state index >= 15 is 0 Å². The molecule has 0 saturated carbocycles. The normalized spacial score (nSPS) is 11.6. The second-order valence-electron chi connectivity index (χ2n) is 6.09. The van der Waals surface area contributed by atoms with Crippen molar-refractivity contribution in [1.82, 2.24) is 9.97 Å².